The normalized spacial score (nSPS) is 33.4. The minimum atomic E-state index is -3.13. The topological polar surface area (TPSA) is 75.7 Å². The van der Waals surface area contributed by atoms with Gasteiger partial charge in [-0.1, -0.05) is 0 Å². The minimum absolute atomic E-state index is 0.0283. The van der Waals surface area contributed by atoms with Crippen molar-refractivity contribution in [1.82, 2.24) is 9.62 Å². The SMILES string of the molecule is CC1CC2(CCN1C(=O)OC(C)(C)C)CCS(=O)(=O)N2. The molecule has 1 spiro atoms. The van der Waals surface area contributed by atoms with E-state index in [2.05, 4.69) is 4.72 Å². The Bertz CT molecular complexity index is 497. The first-order valence-electron chi connectivity index (χ1n) is 7.03. The van der Waals surface area contributed by atoms with Crippen molar-refractivity contribution in [1.29, 1.82) is 0 Å². The highest BCUT2D eigenvalue weighted by Gasteiger charge is 2.46. The van der Waals surface area contributed by atoms with Crippen LogP contribution in [0.1, 0.15) is 47.0 Å². The number of rotatable bonds is 0. The standard InChI is InChI=1S/C13H24N2O4S/c1-10-9-13(6-8-20(17,18)14-13)5-7-15(10)11(16)19-12(2,3)4/h10,14H,5-9H2,1-4H3. The summed E-state index contributed by atoms with van der Waals surface area (Å²) >= 11 is 0. The fourth-order valence-electron chi connectivity index (χ4n) is 3.01. The molecule has 6 nitrogen and oxygen atoms in total. The van der Waals surface area contributed by atoms with E-state index in [0.717, 1.165) is 0 Å². The van der Waals surface area contributed by atoms with E-state index in [1.54, 1.807) is 4.90 Å². The molecular formula is C13H24N2O4S. The summed E-state index contributed by atoms with van der Waals surface area (Å²) in [5, 5.41) is 0. The van der Waals surface area contributed by atoms with Crippen molar-refractivity contribution in [2.45, 2.75) is 64.1 Å². The van der Waals surface area contributed by atoms with Crippen molar-refractivity contribution >= 4 is 16.1 Å². The zero-order chi connectivity index (χ0) is 15.2. The molecule has 0 aromatic rings. The van der Waals surface area contributed by atoms with E-state index < -0.39 is 15.6 Å². The average molecular weight is 304 g/mol. The minimum Gasteiger partial charge on any atom is -0.444 e. The van der Waals surface area contributed by atoms with Crippen molar-refractivity contribution in [2.75, 3.05) is 12.3 Å². The molecule has 1 amide bonds. The number of hydrogen-bond donors (Lipinski definition) is 1. The molecule has 2 rings (SSSR count). The third kappa shape index (κ3) is 3.44. The van der Waals surface area contributed by atoms with Crippen molar-refractivity contribution in [3.05, 3.63) is 0 Å². The number of likely N-dealkylation sites (tertiary alicyclic amines) is 1. The van der Waals surface area contributed by atoms with Gasteiger partial charge in [0.25, 0.3) is 0 Å². The Hall–Kier alpha value is -0.820. The lowest BCUT2D eigenvalue weighted by Gasteiger charge is -2.43. The van der Waals surface area contributed by atoms with Crippen LogP contribution in [-0.4, -0.2) is 48.9 Å². The molecule has 116 valence electrons. The van der Waals surface area contributed by atoms with Gasteiger partial charge >= 0.3 is 6.09 Å². The molecule has 0 aromatic carbocycles. The second-order valence-corrected chi connectivity index (χ2v) is 8.77. The maximum Gasteiger partial charge on any atom is 0.410 e. The molecule has 2 fully saturated rings. The molecule has 0 saturated carbocycles. The van der Waals surface area contributed by atoms with Crippen LogP contribution in [0.25, 0.3) is 0 Å². The highest BCUT2D eigenvalue weighted by atomic mass is 32.2. The van der Waals surface area contributed by atoms with Crippen molar-refractivity contribution < 1.29 is 17.9 Å². The van der Waals surface area contributed by atoms with Gasteiger partial charge in [-0.2, -0.15) is 0 Å². The average Bonchev–Trinajstić information content (AvgIpc) is 2.51. The molecule has 0 bridgehead atoms. The Morgan fingerprint density at radius 2 is 2.00 bits per heavy atom. The Labute approximate surface area is 120 Å². The first-order chi connectivity index (χ1) is 9.02. The Morgan fingerprint density at radius 1 is 1.35 bits per heavy atom. The van der Waals surface area contributed by atoms with Crippen LogP contribution in [0.4, 0.5) is 4.79 Å². The molecule has 0 aliphatic carbocycles. The molecule has 20 heavy (non-hydrogen) atoms. The number of carbonyl (C=O) groups is 1. The zero-order valence-electron chi connectivity index (χ0n) is 12.6. The van der Waals surface area contributed by atoms with Crippen LogP contribution in [0, 0.1) is 0 Å². The van der Waals surface area contributed by atoms with E-state index in [1.807, 2.05) is 27.7 Å². The van der Waals surface area contributed by atoms with Crippen LogP contribution < -0.4 is 4.72 Å². The third-order valence-corrected chi connectivity index (χ3v) is 5.38. The molecule has 0 radical (unpaired) electrons. The highest BCUT2D eigenvalue weighted by molar-refractivity contribution is 7.89. The fraction of sp³-hybridized carbons (Fsp3) is 0.923. The number of sulfonamides is 1. The van der Waals surface area contributed by atoms with Gasteiger partial charge in [0, 0.05) is 18.1 Å². The van der Waals surface area contributed by atoms with Gasteiger partial charge in [-0.25, -0.2) is 17.9 Å². The lowest BCUT2D eigenvalue weighted by atomic mass is 9.83. The fourth-order valence-corrected chi connectivity index (χ4v) is 4.71. The van der Waals surface area contributed by atoms with E-state index >= 15 is 0 Å². The van der Waals surface area contributed by atoms with E-state index in [1.165, 1.54) is 0 Å². The number of piperidine rings is 1. The van der Waals surface area contributed by atoms with Crippen molar-refractivity contribution in [2.24, 2.45) is 0 Å². The van der Waals surface area contributed by atoms with Crippen LogP contribution in [-0.2, 0) is 14.8 Å². The number of nitrogens with one attached hydrogen (secondary N) is 1. The first-order valence-corrected chi connectivity index (χ1v) is 8.69. The van der Waals surface area contributed by atoms with Crippen LogP contribution in [0.3, 0.4) is 0 Å². The zero-order valence-corrected chi connectivity index (χ0v) is 13.4. The van der Waals surface area contributed by atoms with Crippen molar-refractivity contribution in [3.63, 3.8) is 0 Å². The van der Waals surface area contributed by atoms with E-state index in [4.69, 9.17) is 4.74 Å². The van der Waals surface area contributed by atoms with E-state index in [-0.39, 0.29) is 23.4 Å². The summed E-state index contributed by atoms with van der Waals surface area (Å²) in [6, 6.07) is -0.0283. The first kappa shape index (κ1) is 15.6. The van der Waals surface area contributed by atoms with Gasteiger partial charge in [0.05, 0.1) is 5.75 Å². The van der Waals surface area contributed by atoms with Crippen molar-refractivity contribution in [3.8, 4) is 0 Å². The maximum absolute atomic E-state index is 12.1. The van der Waals surface area contributed by atoms with Gasteiger partial charge in [0.1, 0.15) is 5.60 Å². The molecule has 2 heterocycles. The van der Waals surface area contributed by atoms with E-state index in [9.17, 15) is 13.2 Å². The molecular weight excluding hydrogens is 280 g/mol. The van der Waals surface area contributed by atoms with Gasteiger partial charge in [-0.15, -0.1) is 0 Å². The molecule has 0 aromatic heterocycles. The van der Waals surface area contributed by atoms with Gasteiger partial charge < -0.3 is 9.64 Å². The predicted octanol–water partition coefficient (Wildman–Crippen LogP) is 1.47. The Balaban J connectivity index is 2.02. The highest BCUT2D eigenvalue weighted by Crippen LogP contribution is 2.35. The van der Waals surface area contributed by atoms with Crippen LogP contribution in [0.2, 0.25) is 0 Å². The van der Waals surface area contributed by atoms with Gasteiger partial charge in [0.2, 0.25) is 10.0 Å². The lowest BCUT2D eigenvalue weighted by Crippen LogP contribution is -2.56. The molecule has 2 atom stereocenters. The maximum atomic E-state index is 12.1. The molecule has 2 aliphatic rings. The number of ether oxygens (including phenoxy) is 1. The molecule has 1 N–H and O–H groups in total. The number of hydrogen-bond acceptors (Lipinski definition) is 4. The summed E-state index contributed by atoms with van der Waals surface area (Å²) in [5.74, 6) is 0.187. The smallest absolute Gasteiger partial charge is 0.410 e. The number of nitrogens with zero attached hydrogens (tertiary/aromatic N) is 1. The van der Waals surface area contributed by atoms with E-state index in [0.29, 0.717) is 25.8 Å². The summed E-state index contributed by atoms with van der Waals surface area (Å²) in [4.78, 5) is 13.8. The van der Waals surface area contributed by atoms with Gasteiger partial charge in [-0.3, -0.25) is 0 Å². The Morgan fingerprint density at radius 3 is 2.45 bits per heavy atom. The summed E-state index contributed by atoms with van der Waals surface area (Å²) in [5.41, 5.74) is -0.877. The molecule has 2 saturated heterocycles. The molecule has 7 heteroatoms. The summed E-state index contributed by atoms with van der Waals surface area (Å²) in [6.45, 7) is 7.99. The Kier molecular flexibility index (Phi) is 3.79. The van der Waals surface area contributed by atoms with Gasteiger partial charge in [-0.05, 0) is 47.0 Å². The number of amides is 1. The quantitative estimate of drug-likeness (QED) is 0.735. The predicted molar refractivity (Wildman–Crippen MR) is 75.9 cm³/mol. The van der Waals surface area contributed by atoms with Crippen LogP contribution >= 0.6 is 0 Å². The molecule has 2 unspecified atom stereocenters. The van der Waals surface area contributed by atoms with Crippen LogP contribution in [0.5, 0.6) is 0 Å². The summed E-state index contributed by atoms with van der Waals surface area (Å²) in [6.07, 6.45) is 1.60. The van der Waals surface area contributed by atoms with Crippen LogP contribution in [0.15, 0.2) is 0 Å². The summed E-state index contributed by atoms with van der Waals surface area (Å²) in [7, 11) is -3.13. The molecule has 2 aliphatic heterocycles. The lowest BCUT2D eigenvalue weighted by molar-refractivity contribution is 0.00402. The summed E-state index contributed by atoms with van der Waals surface area (Å²) < 4.78 is 31.4. The number of carbonyl (C=O) groups excluding carboxylic acids is 1. The van der Waals surface area contributed by atoms with Gasteiger partial charge in [0.15, 0.2) is 0 Å². The second kappa shape index (κ2) is 4.87. The largest absolute Gasteiger partial charge is 0.444 e. The third-order valence-electron chi connectivity index (χ3n) is 3.90. The second-order valence-electron chi connectivity index (χ2n) is 6.93. The monoisotopic (exact) mass is 304 g/mol.